The number of aromatic nitrogens is 2. The van der Waals surface area contributed by atoms with Crippen LogP contribution < -0.4 is 5.32 Å². The molecule has 0 saturated heterocycles. The Morgan fingerprint density at radius 2 is 1.84 bits per heavy atom. The monoisotopic (exact) mass is 291 g/mol. The molecule has 1 aromatic heterocycles. The summed E-state index contributed by atoms with van der Waals surface area (Å²) < 4.78 is 52.6. The van der Waals surface area contributed by atoms with Gasteiger partial charge in [0, 0.05) is 18.1 Å². The number of alkyl halides is 3. The summed E-state index contributed by atoms with van der Waals surface area (Å²) in [5.74, 6) is -1.46. The number of hydrogen-bond donors (Lipinski definition) is 1. The van der Waals surface area contributed by atoms with Crippen LogP contribution in [0.5, 0.6) is 0 Å². The van der Waals surface area contributed by atoms with Crippen LogP contribution in [0.2, 0.25) is 0 Å². The highest BCUT2D eigenvalue weighted by molar-refractivity contribution is 7.09. The molecule has 1 aromatic carbocycles. The van der Waals surface area contributed by atoms with Crippen molar-refractivity contribution in [3.63, 3.8) is 0 Å². The molecule has 0 amide bonds. The van der Waals surface area contributed by atoms with Gasteiger partial charge in [-0.3, -0.25) is 0 Å². The molecule has 2 rings (SSSR count). The molecule has 0 atom stereocenters. The summed E-state index contributed by atoms with van der Waals surface area (Å²) in [5.41, 5.74) is 0.884. The van der Waals surface area contributed by atoms with E-state index in [4.69, 9.17) is 0 Å². The maximum atomic E-state index is 12.6. The van der Waals surface area contributed by atoms with Crippen LogP contribution in [0.15, 0.2) is 24.3 Å². The summed E-state index contributed by atoms with van der Waals surface area (Å²) in [6, 6.07) is 5.92. The van der Waals surface area contributed by atoms with Gasteiger partial charge in [-0.1, -0.05) is 12.1 Å². The number of benzene rings is 1. The summed E-state index contributed by atoms with van der Waals surface area (Å²) >= 11 is 0.662. The molecule has 0 bridgehead atoms. The third kappa shape index (κ3) is 3.88. The van der Waals surface area contributed by atoms with E-state index in [1.165, 1.54) is 12.1 Å². The molecule has 3 nitrogen and oxygen atoms in total. The van der Waals surface area contributed by atoms with E-state index < -0.39 is 12.0 Å². The van der Waals surface area contributed by atoms with E-state index in [1.54, 1.807) is 12.1 Å². The standard InChI is InChI=1S/C11H9F4N3S/c12-8-3-1-7(2-4-8)5-6-16-10-17-9(18-19-10)11(13,14)15/h1-4H,5-6H2,(H,16,17,18). The molecule has 19 heavy (non-hydrogen) atoms. The van der Waals surface area contributed by atoms with Crippen molar-refractivity contribution in [3.8, 4) is 0 Å². The first-order valence-electron chi connectivity index (χ1n) is 5.34. The van der Waals surface area contributed by atoms with Crippen LogP contribution in [0, 0.1) is 5.82 Å². The molecule has 0 aliphatic carbocycles. The molecule has 0 unspecified atom stereocenters. The van der Waals surface area contributed by atoms with E-state index in [0.29, 0.717) is 24.5 Å². The molecule has 0 spiro atoms. The average Bonchev–Trinajstić information content (AvgIpc) is 2.80. The molecule has 0 saturated carbocycles. The van der Waals surface area contributed by atoms with Crippen molar-refractivity contribution in [1.29, 1.82) is 0 Å². The minimum Gasteiger partial charge on any atom is -0.360 e. The number of nitrogens with one attached hydrogen (secondary N) is 1. The van der Waals surface area contributed by atoms with E-state index in [0.717, 1.165) is 5.56 Å². The normalized spacial score (nSPS) is 11.6. The molecule has 0 aliphatic rings. The highest BCUT2D eigenvalue weighted by atomic mass is 32.1. The van der Waals surface area contributed by atoms with Gasteiger partial charge in [0.05, 0.1) is 0 Å². The third-order valence-electron chi connectivity index (χ3n) is 2.28. The maximum absolute atomic E-state index is 12.6. The molecule has 1 heterocycles. The van der Waals surface area contributed by atoms with Crippen molar-refractivity contribution in [2.24, 2.45) is 0 Å². The van der Waals surface area contributed by atoms with Gasteiger partial charge in [-0.05, 0) is 24.1 Å². The molecule has 2 aromatic rings. The number of hydrogen-bond acceptors (Lipinski definition) is 4. The SMILES string of the molecule is Fc1ccc(CCNc2nc(C(F)(F)F)ns2)cc1. The van der Waals surface area contributed by atoms with Crippen molar-refractivity contribution in [2.45, 2.75) is 12.6 Å². The lowest BCUT2D eigenvalue weighted by Gasteiger charge is -2.02. The van der Waals surface area contributed by atoms with Crippen LogP contribution in [-0.2, 0) is 12.6 Å². The highest BCUT2D eigenvalue weighted by Crippen LogP contribution is 2.28. The molecule has 8 heteroatoms. The minimum atomic E-state index is -4.52. The zero-order valence-corrected chi connectivity index (χ0v) is 10.4. The predicted molar refractivity (Wildman–Crippen MR) is 63.5 cm³/mol. The van der Waals surface area contributed by atoms with Crippen LogP contribution in [0.25, 0.3) is 0 Å². The van der Waals surface area contributed by atoms with Crippen molar-refractivity contribution in [1.82, 2.24) is 9.36 Å². The molecule has 0 fully saturated rings. The lowest BCUT2D eigenvalue weighted by Crippen LogP contribution is -2.08. The van der Waals surface area contributed by atoms with Crippen molar-refractivity contribution < 1.29 is 17.6 Å². The van der Waals surface area contributed by atoms with Crippen LogP contribution in [0.4, 0.5) is 22.7 Å². The smallest absolute Gasteiger partial charge is 0.360 e. The largest absolute Gasteiger partial charge is 0.452 e. The van der Waals surface area contributed by atoms with Crippen LogP contribution >= 0.6 is 11.5 Å². The lowest BCUT2D eigenvalue weighted by atomic mass is 10.1. The minimum absolute atomic E-state index is 0.120. The Balaban J connectivity index is 1.86. The molecule has 0 radical (unpaired) electrons. The number of anilines is 1. The maximum Gasteiger partial charge on any atom is 0.452 e. The van der Waals surface area contributed by atoms with Crippen molar-refractivity contribution in [3.05, 3.63) is 41.5 Å². The van der Waals surface area contributed by atoms with E-state index in [-0.39, 0.29) is 10.9 Å². The van der Waals surface area contributed by atoms with Crippen LogP contribution in [0.1, 0.15) is 11.4 Å². The predicted octanol–water partition coefficient (Wildman–Crippen LogP) is 3.35. The van der Waals surface area contributed by atoms with Gasteiger partial charge in [-0.15, -0.1) is 0 Å². The summed E-state index contributed by atoms with van der Waals surface area (Å²) in [5, 5.41) is 2.87. The number of rotatable bonds is 4. The molecule has 1 N–H and O–H groups in total. The van der Waals surface area contributed by atoms with Gasteiger partial charge in [0.25, 0.3) is 0 Å². The van der Waals surface area contributed by atoms with E-state index in [9.17, 15) is 17.6 Å². The quantitative estimate of drug-likeness (QED) is 0.878. The van der Waals surface area contributed by atoms with Crippen molar-refractivity contribution in [2.75, 3.05) is 11.9 Å². The first-order chi connectivity index (χ1) is 8.95. The van der Waals surface area contributed by atoms with Gasteiger partial charge in [0.15, 0.2) is 0 Å². The lowest BCUT2D eigenvalue weighted by molar-refractivity contribution is -0.144. The first kappa shape index (κ1) is 13.7. The highest BCUT2D eigenvalue weighted by Gasteiger charge is 2.36. The molecule has 0 aliphatic heterocycles. The van der Waals surface area contributed by atoms with Gasteiger partial charge in [0.2, 0.25) is 11.0 Å². The second kappa shape index (κ2) is 5.52. The molecular weight excluding hydrogens is 282 g/mol. The molecule has 102 valence electrons. The van der Waals surface area contributed by atoms with Crippen molar-refractivity contribution >= 4 is 16.7 Å². The topological polar surface area (TPSA) is 37.8 Å². The van der Waals surface area contributed by atoms with Gasteiger partial charge < -0.3 is 5.32 Å². The Morgan fingerprint density at radius 3 is 2.42 bits per heavy atom. The number of nitrogens with zero attached hydrogens (tertiary/aromatic N) is 2. The van der Waals surface area contributed by atoms with E-state index >= 15 is 0 Å². The van der Waals surface area contributed by atoms with Crippen LogP contribution in [0.3, 0.4) is 0 Å². The average molecular weight is 291 g/mol. The van der Waals surface area contributed by atoms with Gasteiger partial charge in [-0.25, -0.2) is 4.39 Å². The second-order valence-electron chi connectivity index (χ2n) is 3.72. The Kier molecular flexibility index (Phi) is 3.98. The summed E-state index contributed by atoms with van der Waals surface area (Å²) in [7, 11) is 0. The Labute approximate surface area is 110 Å². The van der Waals surface area contributed by atoms with E-state index in [1.807, 2.05) is 0 Å². The fraction of sp³-hybridized carbons (Fsp3) is 0.273. The van der Waals surface area contributed by atoms with Gasteiger partial charge in [0.1, 0.15) is 5.82 Å². The summed E-state index contributed by atoms with van der Waals surface area (Å²) in [4.78, 5) is 3.34. The van der Waals surface area contributed by atoms with Gasteiger partial charge >= 0.3 is 6.18 Å². The zero-order chi connectivity index (χ0) is 13.9. The summed E-state index contributed by atoms with van der Waals surface area (Å²) in [6.07, 6.45) is -3.96. The third-order valence-corrected chi connectivity index (χ3v) is 2.96. The fourth-order valence-corrected chi connectivity index (χ4v) is 1.99. The Morgan fingerprint density at radius 1 is 1.16 bits per heavy atom. The zero-order valence-electron chi connectivity index (χ0n) is 9.54. The molecular formula is C11H9F4N3S. The number of halogens is 4. The van der Waals surface area contributed by atoms with Crippen LogP contribution in [-0.4, -0.2) is 15.9 Å². The second-order valence-corrected chi connectivity index (χ2v) is 4.48. The van der Waals surface area contributed by atoms with Gasteiger partial charge in [-0.2, -0.15) is 22.5 Å². The Hall–Kier alpha value is -1.70. The Bertz CT molecular complexity index is 536. The fourth-order valence-electron chi connectivity index (χ4n) is 1.38. The first-order valence-corrected chi connectivity index (χ1v) is 6.12. The summed E-state index contributed by atoms with van der Waals surface area (Å²) in [6.45, 7) is 0.401. The van der Waals surface area contributed by atoms with E-state index in [2.05, 4.69) is 14.7 Å².